The summed E-state index contributed by atoms with van der Waals surface area (Å²) in [4.78, 5) is 9.21. The number of benzene rings is 1. The van der Waals surface area contributed by atoms with E-state index in [1.54, 1.807) is 30.5 Å². The van der Waals surface area contributed by atoms with E-state index in [9.17, 15) is 17.6 Å². The van der Waals surface area contributed by atoms with Crippen LogP contribution in [0.4, 0.5) is 23.5 Å². The van der Waals surface area contributed by atoms with Crippen molar-refractivity contribution in [3.8, 4) is 17.0 Å². The lowest BCUT2D eigenvalue weighted by Crippen LogP contribution is -2.53. The number of rotatable bonds is 6. The van der Waals surface area contributed by atoms with E-state index in [-0.39, 0.29) is 24.8 Å². The first-order chi connectivity index (χ1) is 17.5. The zero-order chi connectivity index (χ0) is 26.5. The van der Waals surface area contributed by atoms with Crippen molar-refractivity contribution in [3.63, 3.8) is 0 Å². The summed E-state index contributed by atoms with van der Waals surface area (Å²) in [5.41, 5.74) is 2.87. The van der Waals surface area contributed by atoms with Crippen LogP contribution in [0.2, 0.25) is 0 Å². The van der Waals surface area contributed by atoms with Gasteiger partial charge >= 0.3 is 0 Å². The maximum Gasteiger partial charge on any atom is 0.280 e. The fraction of sp³-hybridized carbons (Fsp3) is 0.409. The third-order valence-electron chi connectivity index (χ3n) is 5.84. The first kappa shape index (κ1) is 19.0. The minimum Gasteiger partial charge on any atom is -0.479 e. The first-order valence-electron chi connectivity index (χ1n) is 12.0. The first-order valence-corrected chi connectivity index (χ1v) is 10.5. The molecule has 0 bridgehead atoms. The highest BCUT2D eigenvalue weighted by Gasteiger charge is 2.44. The molecule has 1 aliphatic heterocycles. The Balaban J connectivity index is 1.47. The van der Waals surface area contributed by atoms with Gasteiger partial charge < -0.3 is 19.5 Å². The molecule has 180 valence electrons. The maximum atomic E-state index is 14.8. The van der Waals surface area contributed by atoms with Crippen LogP contribution in [0.25, 0.3) is 27.7 Å². The van der Waals surface area contributed by atoms with Crippen molar-refractivity contribution in [3.05, 3.63) is 36.8 Å². The van der Waals surface area contributed by atoms with Gasteiger partial charge in [0.1, 0.15) is 5.52 Å². The number of nitrogens with zero attached hydrogens (tertiary/aromatic N) is 6. The monoisotopic (exact) mass is 480 g/mol. The van der Waals surface area contributed by atoms with E-state index < -0.39 is 38.5 Å². The molecule has 1 saturated heterocycles. The number of alkyl halides is 4. The SMILES string of the molecule is [2H]C([2H])([2H])N1CC[C@@H](Nc2nc(OC)c3c(-c4ccc5ncn(CC(F)F)c5c4)ccn3n2)C(F)(F)C1. The van der Waals surface area contributed by atoms with E-state index in [0.717, 1.165) is 4.90 Å². The molecule has 4 aromatic rings. The predicted octanol–water partition coefficient (Wildman–Crippen LogP) is 3.77. The third kappa shape index (κ3) is 4.02. The molecule has 0 unspecified atom stereocenters. The highest BCUT2D eigenvalue weighted by atomic mass is 19.3. The quantitative estimate of drug-likeness (QED) is 0.424. The average molecular weight is 480 g/mol. The van der Waals surface area contributed by atoms with E-state index in [4.69, 9.17) is 8.85 Å². The van der Waals surface area contributed by atoms with Gasteiger partial charge in [-0.05, 0) is 37.2 Å². The van der Waals surface area contributed by atoms with Gasteiger partial charge in [0.2, 0.25) is 11.8 Å². The highest BCUT2D eigenvalue weighted by molar-refractivity contribution is 5.89. The molecular formula is C22H23F4N7O. The smallest absolute Gasteiger partial charge is 0.280 e. The summed E-state index contributed by atoms with van der Waals surface area (Å²) in [6.07, 6.45) is 0.302. The van der Waals surface area contributed by atoms with E-state index in [1.165, 1.54) is 22.5 Å². The largest absolute Gasteiger partial charge is 0.479 e. The summed E-state index contributed by atoms with van der Waals surface area (Å²) < 4.78 is 85.9. The summed E-state index contributed by atoms with van der Waals surface area (Å²) in [6.45, 7) is -4.05. The summed E-state index contributed by atoms with van der Waals surface area (Å²) in [7, 11) is 1.38. The zero-order valence-electron chi connectivity index (χ0n) is 21.1. The Hall–Kier alpha value is -3.41. The molecule has 3 aromatic heterocycles. The fourth-order valence-corrected chi connectivity index (χ4v) is 4.22. The number of methoxy groups -OCH3 is 1. The van der Waals surface area contributed by atoms with Crippen molar-refractivity contribution in [1.82, 2.24) is 29.0 Å². The number of halogens is 4. The molecule has 0 amide bonds. The van der Waals surface area contributed by atoms with Crippen LogP contribution in [0.5, 0.6) is 5.88 Å². The second-order valence-electron chi connectivity index (χ2n) is 8.13. The van der Waals surface area contributed by atoms with Crippen LogP contribution in [0.3, 0.4) is 0 Å². The normalized spacial score (nSPS) is 20.4. The Morgan fingerprint density at radius 1 is 1.32 bits per heavy atom. The van der Waals surface area contributed by atoms with Crippen molar-refractivity contribution in [1.29, 1.82) is 0 Å². The molecule has 1 aromatic carbocycles. The molecule has 34 heavy (non-hydrogen) atoms. The van der Waals surface area contributed by atoms with E-state index in [2.05, 4.69) is 20.4 Å². The van der Waals surface area contributed by atoms with Crippen LogP contribution in [0.1, 0.15) is 10.5 Å². The topological polar surface area (TPSA) is 72.5 Å². The Bertz CT molecular complexity index is 1440. The van der Waals surface area contributed by atoms with Gasteiger partial charge in [0.25, 0.3) is 12.3 Å². The summed E-state index contributed by atoms with van der Waals surface area (Å²) in [6, 6.07) is 5.58. The molecule has 0 spiro atoms. The number of aromatic nitrogens is 5. The van der Waals surface area contributed by atoms with Gasteiger partial charge in [-0.1, -0.05) is 6.07 Å². The predicted molar refractivity (Wildman–Crippen MR) is 119 cm³/mol. The third-order valence-corrected chi connectivity index (χ3v) is 5.84. The molecular weight excluding hydrogens is 454 g/mol. The van der Waals surface area contributed by atoms with Crippen LogP contribution in [-0.4, -0.2) is 74.6 Å². The maximum absolute atomic E-state index is 14.8. The molecule has 1 N–H and O–H groups in total. The zero-order valence-corrected chi connectivity index (χ0v) is 18.1. The average Bonchev–Trinajstić information content (AvgIpc) is 3.42. The Morgan fingerprint density at radius 3 is 2.91 bits per heavy atom. The summed E-state index contributed by atoms with van der Waals surface area (Å²) in [5.74, 6) is -3.33. The number of hydrogen-bond donors (Lipinski definition) is 1. The van der Waals surface area contributed by atoms with Gasteiger partial charge in [-0.25, -0.2) is 27.1 Å². The minimum atomic E-state index is -3.34. The van der Waals surface area contributed by atoms with Crippen molar-refractivity contribution in [2.75, 3.05) is 32.5 Å². The number of nitrogens with one attached hydrogen (secondary N) is 1. The van der Waals surface area contributed by atoms with E-state index in [1.807, 2.05) is 0 Å². The van der Waals surface area contributed by atoms with Gasteiger partial charge in [-0.3, -0.25) is 0 Å². The molecule has 0 aliphatic carbocycles. The number of anilines is 1. The fourth-order valence-electron chi connectivity index (χ4n) is 4.22. The molecule has 1 atom stereocenters. The van der Waals surface area contributed by atoms with Crippen LogP contribution in [0.15, 0.2) is 36.8 Å². The molecule has 4 heterocycles. The van der Waals surface area contributed by atoms with Crippen LogP contribution < -0.4 is 10.1 Å². The number of imidazole rings is 1. The van der Waals surface area contributed by atoms with E-state index in [0.29, 0.717) is 27.7 Å². The highest BCUT2D eigenvalue weighted by Crippen LogP contribution is 2.34. The molecule has 0 radical (unpaired) electrons. The standard InChI is InChI=1S/C22H23F4N7O/c1-31-7-6-17(22(25,26)11-31)28-21-29-20(34-2)19-14(5-8-33(19)30-21)13-3-4-15-16(9-13)32(12-27-15)10-18(23)24/h3-5,8-9,12,17-18H,6-7,10-11H2,1-2H3,(H,28,30)/t17-/m1/s1/i1D3. The number of ether oxygens (including phenoxy) is 1. The summed E-state index contributed by atoms with van der Waals surface area (Å²) >= 11 is 0. The molecule has 1 aliphatic rings. The van der Waals surface area contributed by atoms with E-state index >= 15 is 0 Å². The molecule has 0 saturated carbocycles. The van der Waals surface area contributed by atoms with Crippen LogP contribution in [0, 0.1) is 0 Å². The lowest BCUT2D eigenvalue weighted by molar-refractivity contribution is -0.0675. The lowest BCUT2D eigenvalue weighted by atomic mass is 10.0. The number of fused-ring (bicyclic) bond motifs is 2. The second-order valence-corrected chi connectivity index (χ2v) is 8.13. The van der Waals surface area contributed by atoms with Gasteiger partial charge in [0.15, 0.2) is 0 Å². The van der Waals surface area contributed by atoms with Crippen molar-refractivity contribution >= 4 is 22.5 Å². The van der Waals surface area contributed by atoms with Gasteiger partial charge in [0, 0.05) is 22.4 Å². The second kappa shape index (κ2) is 8.42. The van der Waals surface area contributed by atoms with Crippen molar-refractivity contribution in [2.24, 2.45) is 0 Å². The number of piperidine rings is 1. The number of likely N-dealkylation sites (tertiary alicyclic amines) is 1. The summed E-state index contributed by atoms with van der Waals surface area (Å²) in [5, 5.41) is 6.95. The van der Waals surface area contributed by atoms with Crippen LogP contribution in [-0.2, 0) is 6.54 Å². The van der Waals surface area contributed by atoms with Gasteiger partial charge in [-0.15, -0.1) is 5.10 Å². The van der Waals surface area contributed by atoms with Crippen molar-refractivity contribution < 1.29 is 26.4 Å². The molecule has 1 fully saturated rings. The molecule has 5 rings (SSSR count). The lowest BCUT2D eigenvalue weighted by Gasteiger charge is -2.36. The van der Waals surface area contributed by atoms with Crippen LogP contribution >= 0.6 is 0 Å². The molecule has 12 heteroatoms. The number of hydrogen-bond acceptors (Lipinski definition) is 6. The minimum absolute atomic E-state index is 0.0403. The Kier molecular flexibility index (Phi) is 4.70. The van der Waals surface area contributed by atoms with Gasteiger partial charge in [0.05, 0.1) is 43.6 Å². The Morgan fingerprint density at radius 2 is 2.18 bits per heavy atom. The molecule has 8 nitrogen and oxygen atoms in total. The Labute approximate surface area is 196 Å². The van der Waals surface area contributed by atoms with Crippen molar-refractivity contribution in [2.45, 2.75) is 31.4 Å². The van der Waals surface area contributed by atoms with Gasteiger partial charge in [-0.2, -0.15) is 4.98 Å².